The Kier molecular flexibility index (Phi) is 6.96. The Hall–Kier alpha value is -1.85. The van der Waals surface area contributed by atoms with Crippen molar-refractivity contribution in [2.24, 2.45) is 0 Å². The van der Waals surface area contributed by atoms with Crippen molar-refractivity contribution in [3.05, 3.63) is 11.6 Å². The molecule has 0 rings (SSSR count). The molecule has 0 radical (unpaired) electrons. The lowest BCUT2D eigenvalue weighted by atomic mass is 10.1. The maximum absolute atomic E-state index is 11.5. The monoisotopic (exact) mass is 285 g/mol. The highest BCUT2D eigenvalue weighted by atomic mass is 16.6. The van der Waals surface area contributed by atoms with E-state index in [9.17, 15) is 14.4 Å². The van der Waals surface area contributed by atoms with Gasteiger partial charge in [0, 0.05) is 6.42 Å². The van der Waals surface area contributed by atoms with Crippen molar-refractivity contribution in [1.29, 1.82) is 0 Å². The highest BCUT2D eigenvalue weighted by molar-refractivity contribution is 5.90. The highest BCUT2D eigenvalue weighted by Crippen LogP contribution is 2.08. The number of amides is 1. The van der Waals surface area contributed by atoms with Crippen LogP contribution in [0.25, 0.3) is 0 Å². The van der Waals surface area contributed by atoms with Gasteiger partial charge in [-0.25, -0.2) is 9.59 Å². The molecule has 1 amide bonds. The lowest BCUT2D eigenvalue weighted by Gasteiger charge is -2.21. The van der Waals surface area contributed by atoms with E-state index in [0.717, 1.165) is 5.57 Å². The van der Waals surface area contributed by atoms with Gasteiger partial charge in [0.25, 0.3) is 0 Å². The summed E-state index contributed by atoms with van der Waals surface area (Å²) in [4.78, 5) is 34.0. The second-order valence-electron chi connectivity index (χ2n) is 5.76. The highest BCUT2D eigenvalue weighted by Gasteiger charge is 2.24. The quantitative estimate of drug-likeness (QED) is 0.730. The van der Waals surface area contributed by atoms with E-state index < -0.39 is 23.7 Å². The van der Waals surface area contributed by atoms with Gasteiger partial charge in [-0.1, -0.05) is 5.57 Å². The van der Waals surface area contributed by atoms with Gasteiger partial charge in [0.15, 0.2) is 5.78 Å². The van der Waals surface area contributed by atoms with Crippen molar-refractivity contribution in [3.8, 4) is 0 Å². The fraction of sp³-hybridized carbons (Fsp3) is 0.643. The number of carboxylic acid groups (broad SMARTS) is 1. The summed E-state index contributed by atoms with van der Waals surface area (Å²) in [5.41, 5.74) is 0.146. The summed E-state index contributed by atoms with van der Waals surface area (Å²) in [6.07, 6.45) is 0.723. The van der Waals surface area contributed by atoms with E-state index in [1.165, 1.54) is 6.08 Å². The van der Waals surface area contributed by atoms with Crippen LogP contribution in [0.1, 0.15) is 47.5 Å². The Labute approximate surface area is 119 Å². The number of hydrogen-bond acceptors (Lipinski definition) is 4. The smallest absolute Gasteiger partial charge is 0.408 e. The maximum Gasteiger partial charge on any atom is 0.408 e. The van der Waals surface area contributed by atoms with Crippen molar-refractivity contribution < 1.29 is 24.2 Å². The topological polar surface area (TPSA) is 92.7 Å². The zero-order valence-corrected chi connectivity index (χ0v) is 12.6. The van der Waals surface area contributed by atoms with E-state index in [-0.39, 0.29) is 18.6 Å². The SMILES string of the molecule is CC(C)=CC(=O)CC[C@H](NC(=O)OC(C)(C)C)C(=O)O. The lowest BCUT2D eigenvalue weighted by molar-refractivity contribution is -0.139. The van der Waals surface area contributed by atoms with Crippen LogP contribution in [-0.4, -0.2) is 34.6 Å². The van der Waals surface area contributed by atoms with Crippen LogP contribution in [0.5, 0.6) is 0 Å². The van der Waals surface area contributed by atoms with Gasteiger partial charge in [-0.05, 0) is 47.1 Å². The van der Waals surface area contributed by atoms with Gasteiger partial charge >= 0.3 is 12.1 Å². The van der Waals surface area contributed by atoms with Crippen molar-refractivity contribution in [1.82, 2.24) is 5.32 Å². The summed E-state index contributed by atoms with van der Waals surface area (Å²) >= 11 is 0. The molecule has 114 valence electrons. The molecule has 0 spiro atoms. The van der Waals surface area contributed by atoms with Crippen LogP contribution < -0.4 is 5.32 Å². The number of hydrogen-bond donors (Lipinski definition) is 2. The molecule has 0 saturated heterocycles. The van der Waals surface area contributed by atoms with Crippen molar-refractivity contribution in [3.63, 3.8) is 0 Å². The van der Waals surface area contributed by atoms with E-state index in [0.29, 0.717) is 0 Å². The normalized spacial score (nSPS) is 12.2. The number of allylic oxidation sites excluding steroid dienone is 2. The average Bonchev–Trinajstić information content (AvgIpc) is 2.19. The average molecular weight is 285 g/mol. The van der Waals surface area contributed by atoms with Gasteiger partial charge < -0.3 is 15.2 Å². The summed E-state index contributed by atoms with van der Waals surface area (Å²) in [5, 5.41) is 11.3. The molecule has 0 fully saturated rings. The molecular formula is C14H23NO5. The number of alkyl carbamates (subject to hydrolysis) is 1. The van der Waals surface area contributed by atoms with E-state index in [1.54, 1.807) is 34.6 Å². The zero-order chi connectivity index (χ0) is 15.9. The first-order valence-corrected chi connectivity index (χ1v) is 6.41. The molecule has 0 heterocycles. The number of ether oxygens (including phenoxy) is 1. The Morgan fingerprint density at radius 1 is 1.25 bits per heavy atom. The van der Waals surface area contributed by atoms with E-state index >= 15 is 0 Å². The van der Waals surface area contributed by atoms with E-state index in [4.69, 9.17) is 9.84 Å². The molecule has 0 unspecified atom stereocenters. The Morgan fingerprint density at radius 2 is 1.80 bits per heavy atom. The van der Waals surface area contributed by atoms with Gasteiger partial charge in [-0.2, -0.15) is 0 Å². The summed E-state index contributed by atoms with van der Waals surface area (Å²) < 4.78 is 4.98. The standard InChI is InChI=1S/C14H23NO5/c1-9(2)8-10(16)6-7-11(12(17)18)15-13(19)20-14(3,4)5/h8,11H,6-7H2,1-5H3,(H,15,19)(H,17,18)/t11-/m0/s1. The Bertz CT molecular complexity index is 402. The molecule has 0 aliphatic heterocycles. The predicted molar refractivity (Wildman–Crippen MR) is 74.5 cm³/mol. The third-order valence-electron chi connectivity index (χ3n) is 2.12. The van der Waals surface area contributed by atoms with Crippen molar-refractivity contribution >= 4 is 17.8 Å². The second-order valence-corrected chi connectivity index (χ2v) is 5.76. The number of nitrogens with one attached hydrogen (secondary N) is 1. The molecule has 0 aromatic rings. The third kappa shape index (κ3) is 9.13. The number of carbonyl (C=O) groups is 3. The first-order valence-electron chi connectivity index (χ1n) is 6.41. The largest absolute Gasteiger partial charge is 0.480 e. The third-order valence-corrected chi connectivity index (χ3v) is 2.12. The summed E-state index contributed by atoms with van der Waals surface area (Å²) in [6.45, 7) is 8.61. The molecule has 0 aliphatic rings. The predicted octanol–water partition coefficient (Wildman–Crippen LogP) is 2.28. The molecule has 0 aromatic heterocycles. The lowest BCUT2D eigenvalue weighted by Crippen LogP contribution is -2.43. The van der Waals surface area contributed by atoms with Crippen LogP contribution in [0.4, 0.5) is 4.79 Å². The maximum atomic E-state index is 11.5. The number of aliphatic carboxylic acids is 1. The minimum atomic E-state index is -1.19. The number of carbonyl (C=O) groups excluding carboxylic acids is 2. The molecular weight excluding hydrogens is 262 g/mol. The van der Waals surface area contributed by atoms with Gasteiger partial charge in [-0.3, -0.25) is 4.79 Å². The number of ketones is 1. The fourth-order valence-corrected chi connectivity index (χ4v) is 1.39. The molecule has 0 saturated carbocycles. The van der Waals surface area contributed by atoms with Gasteiger partial charge in [0.2, 0.25) is 0 Å². The molecule has 20 heavy (non-hydrogen) atoms. The second kappa shape index (κ2) is 7.67. The van der Waals surface area contributed by atoms with Gasteiger partial charge in [0.1, 0.15) is 11.6 Å². The minimum absolute atomic E-state index is 0.0250. The van der Waals surface area contributed by atoms with E-state index in [1.807, 2.05) is 0 Å². The molecule has 0 bridgehead atoms. The number of rotatable bonds is 6. The summed E-state index contributed by atoms with van der Waals surface area (Å²) in [7, 11) is 0. The molecule has 6 heteroatoms. The Morgan fingerprint density at radius 3 is 2.20 bits per heavy atom. The summed E-state index contributed by atoms with van der Waals surface area (Å²) in [6, 6.07) is -1.14. The van der Waals surface area contributed by atoms with Crippen LogP contribution in [-0.2, 0) is 14.3 Å². The van der Waals surface area contributed by atoms with Crippen LogP contribution in [0.15, 0.2) is 11.6 Å². The van der Waals surface area contributed by atoms with Gasteiger partial charge in [-0.15, -0.1) is 0 Å². The fourth-order valence-electron chi connectivity index (χ4n) is 1.39. The molecule has 0 aromatic carbocycles. The number of carboxylic acids is 1. The minimum Gasteiger partial charge on any atom is -0.480 e. The zero-order valence-electron chi connectivity index (χ0n) is 12.6. The first kappa shape index (κ1) is 18.1. The molecule has 6 nitrogen and oxygen atoms in total. The van der Waals surface area contributed by atoms with Crippen LogP contribution >= 0.6 is 0 Å². The first-order chi connectivity index (χ1) is 9.01. The van der Waals surface area contributed by atoms with Crippen molar-refractivity contribution in [2.45, 2.75) is 59.1 Å². The summed E-state index contributed by atoms with van der Waals surface area (Å²) in [5.74, 6) is -1.36. The molecule has 0 aliphatic carbocycles. The Balaban J connectivity index is 4.46. The van der Waals surface area contributed by atoms with Gasteiger partial charge in [0.05, 0.1) is 0 Å². The van der Waals surface area contributed by atoms with Crippen LogP contribution in [0, 0.1) is 0 Å². The van der Waals surface area contributed by atoms with Crippen molar-refractivity contribution in [2.75, 3.05) is 0 Å². The van der Waals surface area contributed by atoms with Crippen LogP contribution in [0.2, 0.25) is 0 Å². The molecule has 2 N–H and O–H groups in total. The van der Waals surface area contributed by atoms with E-state index in [2.05, 4.69) is 5.32 Å². The molecule has 1 atom stereocenters. The van der Waals surface area contributed by atoms with Crippen LogP contribution in [0.3, 0.4) is 0 Å².